The van der Waals surface area contributed by atoms with Crippen molar-refractivity contribution in [3.05, 3.63) is 10.8 Å². The van der Waals surface area contributed by atoms with E-state index in [1.807, 2.05) is 6.92 Å². The second-order valence-corrected chi connectivity index (χ2v) is 7.72. The molecule has 2 rings (SSSR count). The molecule has 2 N–H and O–H groups in total. The molecule has 2 atom stereocenters. The standard InChI is InChI=1S/C12H20ClN3O3S/c1-8-10(11(13)16(3)14-8)20(18,19)15-9-5-4-6-12(9,2)7-17/h9,15,17H,4-7H2,1-3H3. The fraction of sp³-hybridized carbons (Fsp3) is 0.750. The molecule has 1 aliphatic rings. The van der Waals surface area contributed by atoms with Gasteiger partial charge in [0.15, 0.2) is 0 Å². The molecule has 8 heteroatoms. The fourth-order valence-corrected chi connectivity index (χ4v) is 4.94. The minimum absolute atomic E-state index is 0.0221. The van der Waals surface area contributed by atoms with E-state index in [1.165, 1.54) is 4.68 Å². The van der Waals surface area contributed by atoms with E-state index in [0.717, 1.165) is 12.8 Å². The van der Waals surface area contributed by atoms with Gasteiger partial charge in [-0.15, -0.1) is 0 Å². The smallest absolute Gasteiger partial charge is 0.245 e. The SMILES string of the molecule is Cc1nn(C)c(Cl)c1S(=O)(=O)NC1CCCC1(C)CO. The highest BCUT2D eigenvalue weighted by atomic mass is 35.5. The van der Waals surface area contributed by atoms with E-state index in [4.69, 9.17) is 11.6 Å². The van der Waals surface area contributed by atoms with Crippen molar-refractivity contribution in [1.29, 1.82) is 0 Å². The lowest BCUT2D eigenvalue weighted by Gasteiger charge is -2.29. The molecule has 0 aliphatic heterocycles. The zero-order valence-corrected chi connectivity index (χ0v) is 13.4. The van der Waals surface area contributed by atoms with Crippen LogP contribution in [0, 0.1) is 12.3 Å². The molecule has 0 amide bonds. The zero-order chi connectivity index (χ0) is 15.1. The number of sulfonamides is 1. The molecule has 6 nitrogen and oxygen atoms in total. The Kier molecular flexibility index (Phi) is 4.17. The molecule has 1 saturated carbocycles. The highest BCUT2D eigenvalue weighted by Gasteiger charge is 2.41. The van der Waals surface area contributed by atoms with E-state index in [0.29, 0.717) is 12.1 Å². The molecule has 1 aliphatic carbocycles. The monoisotopic (exact) mass is 321 g/mol. The highest BCUT2D eigenvalue weighted by Crippen LogP contribution is 2.38. The van der Waals surface area contributed by atoms with Crippen LogP contribution >= 0.6 is 11.6 Å². The first-order valence-corrected chi connectivity index (χ1v) is 8.40. The van der Waals surface area contributed by atoms with Crippen molar-refractivity contribution < 1.29 is 13.5 Å². The van der Waals surface area contributed by atoms with E-state index >= 15 is 0 Å². The molecule has 1 aromatic heterocycles. The molecule has 1 fully saturated rings. The first-order chi connectivity index (χ1) is 9.21. The van der Waals surface area contributed by atoms with E-state index in [-0.39, 0.29) is 22.7 Å². The van der Waals surface area contributed by atoms with Crippen molar-refractivity contribution in [2.24, 2.45) is 12.5 Å². The Labute approximate surface area is 124 Å². The number of aryl methyl sites for hydroxylation is 2. The number of nitrogens with one attached hydrogen (secondary N) is 1. The Balaban J connectivity index is 2.33. The Morgan fingerprint density at radius 3 is 2.75 bits per heavy atom. The third-order valence-electron chi connectivity index (χ3n) is 4.11. The molecule has 0 spiro atoms. The van der Waals surface area contributed by atoms with E-state index < -0.39 is 15.4 Å². The Morgan fingerprint density at radius 2 is 2.25 bits per heavy atom. The Hall–Kier alpha value is -0.630. The molecule has 20 heavy (non-hydrogen) atoms. The maximum atomic E-state index is 12.5. The highest BCUT2D eigenvalue weighted by molar-refractivity contribution is 7.89. The lowest BCUT2D eigenvalue weighted by molar-refractivity contribution is 0.127. The van der Waals surface area contributed by atoms with Crippen molar-refractivity contribution in [1.82, 2.24) is 14.5 Å². The minimum atomic E-state index is -3.74. The van der Waals surface area contributed by atoms with E-state index in [2.05, 4.69) is 9.82 Å². The maximum absolute atomic E-state index is 12.5. The van der Waals surface area contributed by atoms with Gasteiger partial charge in [-0.3, -0.25) is 4.68 Å². The molecular formula is C12H20ClN3O3S. The van der Waals surface area contributed by atoms with Crippen LogP contribution in [0.4, 0.5) is 0 Å². The molecule has 0 bridgehead atoms. The molecule has 1 heterocycles. The third-order valence-corrected chi connectivity index (χ3v) is 6.28. The predicted octanol–water partition coefficient (Wildman–Crippen LogP) is 1.21. The number of aliphatic hydroxyl groups is 1. The summed E-state index contributed by atoms with van der Waals surface area (Å²) in [5.41, 5.74) is -0.0518. The van der Waals surface area contributed by atoms with Gasteiger partial charge in [0, 0.05) is 25.1 Å². The van der Waals surface area contributed by atoms with Crippen LogP contribution in [0.25, 0.3) is 0 Å². The van der Waals surface area contributed by atoms with Gasteiger partial charge >= 0.3 is 0 Å². The predicted molar refractivity (Wildman–Crippen MR) is 76.1 cm³/mol. The van der Waals surface area contributed by atoms with Crippen LogP contribution in [0.5, 0.6) is 0 Å². The number of hydrogen-bond acceptors (Lipinski definition) is 4. The van der Waals surface area contributed by atoms with Crippen LogP contribution in [-0.4, -0.2) is 36.0 Å². The number of hydrogen-bond donors (Lipinski definition) is 2. The van der Waals surface area contributed by atoms with Crippen LogP contribution in [0.15, 0.2) is 4.90 Å². The molecular weight excluding hydrogens is 302 g/mol. The summed E-state index contributed by atoms with van der Waals surface area (Å²) in [5.74, 6) is 0. The van der Waals surface area contributed by atoms with Crippen LogP contribution in [0.1, 0.15) is 31.9 Å². The number of aromatic nitrogens is 2. The molecule has 2 unspecified atom stereocenters. The van der Waals surface area contributed by atoms with Crippen LogP contribution < -0.4 is 4.72 Å². The second-order valence-electron chi connectivity index (χ2n) is 5.71. The van der Waals surface area contributed by atoms with Gasteiger partial charge in [0.1, 0.15) is 10.0 Å². The number of rotatable bonds is 4. The summed E-state index contributed by atoms with van der Waals surface area (Å²) in [6.07, 6.45) is 2.41. The average molecular weight is 322 g/mol. The first-order valence-electron chi connectivity index (χ1n) is 6.53. The largest absolute Gasteiger partial charge is 0.396 e. The van der Waals surface area contributed by atoms with Crippen molar-refractivity contribution in [2.45, 2.75) is 44.0 Å². The maximum Gasteiger partial charge on any atom is 0.245 e. The van der Waals surface area contributed by atoms with Gasteiger partial charge in [-0.2, -0.15) is 5.10 Å². The number of nitrogens with zero attached hydrogens (tertiary/aromatic N) is 2. The summed E-state index contributed by atoms with van der Waals surface area (Å²) >= 11 is 6.02. The summed E-state index contributed by atoms with van der Waals surface area (Å²) in [6.45, 7) is 3.46. The fourth-order valence-electron chi connectivity index (χ4n) is 2.79. The summed E-state index contributed by atoms with van der Waals surface area (Å²) in [6, 6.07) is -0.284. The van der Waals surface area contributed by atoms with Crippen LogP contribution in [0.3, 0.4) is 0 Å². The average Bonchev–Trinajstić information content (AvgIpc) is 2.82. The second kappa shape index (κ2) is 5.29. The van der Waals surface area contributed by atoms with Gasteiger partial charge in [-0.1, -0.05) is 24.9 Å². The minimum Gasteiger partial charge on any atom is -0.396 e. The van der Waals surface area contributed by atoms with Gasteiger partial charge in [0.2, 0.25) is 10.0 Å². The van der Waals surface area contributed by atoms with Crippen LogP contribution in [-0.2, 0) is 17.1 Å². The van der Waals surface area contributed by atoms with E-state index in [1.54, 1.807) is 14.0 Å². The summed E-state index contributed by atoms with van der Waals surface area (Å²) < 4.78 is 29.1. The molecule has 0 radical (unpaired) electrons. The lowest BCUT2D eigenvalue weighted by Crippen LogP contribution is -2.44. The van der Waals surface area contributed by atoms with Crippen molar-refractivity contribution in [2.75, 3.05) is 6.61 Å². The first kappa shape index (κ1) is 15.8. The van der Waals surface area contributed by atoms with Crippen molar-refractivity contribution in [3.8, 4) is 0 Å². The van der Waals surface area contributed by atoms with Gasteiger partial charge in [0.05, 0.1) is 5.69 Å². The molecule has 0 saturated heterocycles. The van der Waals surface area contributed by atoms with Gasteiger partial charge < -0.3 is 5.11 Å². The molecule has 1 aromatic rings. The van der Waals surface area contributed by atoms with E-state index in [9.17, 15) is 13.5 Å². The third kappa shape index (κ3) is 2.59. The van der Waals surface area contributed by atoms with Crippen molar-refractivity contribution in [3.63, 3.8) is 0 Å². The lowest BCUT2D eigenvalue weighted by atomic mass is 9.86. The number of halogens is 1. The topological polar surface area (TPSA) is 84.2 Å². The Bertz CT molecular complexity index is 614. The number of aliphatic hydroxyl groups excluding tert-OH is 1. The quantitative estimate of drug-likeness (QED) is 0.873. The summed E-state index contributed by atoms with van der Waals surface area (Å²) in [4.78, 5) is 0.0221. The molecule has 0 aromatic carbocycles. The van der Waals surface area contributed by atoms with Gasteiger partial charge in [-0.25, -0.2) is 13.1 Å². The van der Waals surface area contributed by atoms with Crippen molar-refractivity contribution >= 4 is 21.6 Å². The Morgan fingerprint density at radius 1 is 1.60 bits per heavy atom. The zero-order valence-electron chi connectivity index (χ0n) is 11.9. The van der Waals surface area contributed by atoms with Gasteiger partial charge in [0.25, 0.3) is 0 Å². The normalized spacial score (nSPS) is 27.1. The summed E-state index contributed by atoms with van der Waals surface area (Å²) in [5, 5.41) is 13.6. The van der Waals surface area contributed by atoms with Gasteiger partial charge in [-0.05, 0) is 19.8 Å². The summed E-state index contributed by atoms with van der Waals surface area (Å²) in [7, 11) is -2.14. The molecule has 114 valence electrons. The van der Waals surface area contributed by atoms with Crippen LogP contribution in [0.2, 0.25) is 5.15 Å².